The van der Waals surface area contributed by atoms with Crippen LogP contribution in [-0.2, 0) is 13.2 Å². The average molecular weight is 455 g/mol. The Labute approximate surface area is 200 Å². The highest BCUT2D eigenvalue weighted by molar-refractivity contribution is 5.92. The fourth-order valence-electron chi connectivity index (χ4n) is 4.83. The molecule has 0 radical (unpaired) electrons. The summed E-state index contributed by atoms with van der Waals surface area (Å²) in [6, 6.07) is 24.0. The monoisotopic (exact) mass is 454 g/mol. The third kappa shape index (κ3) is 5.06. The number of fused-ring (bicyclic) bond motifs is 2. The molecule has 5 rings (SSSR count). The summed E-state index contributed by atoms with van der Waals surface area (Å²) in [7, 11) is 0. The van der Waals surface area contributed by atoms with E-state index < -0.39 is 5.97 Å². The second-order valence-corrected chi connectivity index (χ2v) is 8.97. The first kappa shape index (κ1) is 22.4. The number of hydrogen-bond donors (Lipinski definition) is 1. The summed E-state index contributed by atoms with van der Waals surface area (Å²) >= 11 is 0. The zero-order valence-electron chi connectivity index (χ0n) is 19.3. The molecule has 0 amide bonds. The molecule has 3 aromatic rings. The molecule has 0 aromatic heterocycles. The van der Waals surface area contributed by atoms with Crippen molar-refractivity contribution in [2.24, 2.45) is 0 Å². The lowest BCUT2D eigenvalue weighted by atomic mass is 9.92. The number of carboxylic acid groups (broad SMARTS) is 1. The Hall–Kier alpha value is -3.41. The van der Waals surface area contributed by atoms with E-state index in [-0.39, 0.29) is 5.56 Å². The van der Waals surface area contributed by atoms with Gasteiger partial charge >= 0.3 is 5.97 Å². The molecular weight excluding hydrogens is 424 g/mol. The van der Waals surface area contributed by atoms with Crippen LogP contribution < -0.4 is 4.74 Å². The summed E-state index contributed by atoms with van der Waals surface area (Å²) in [5, 5.41) is 9.53. The SMILES string of the molecule is O=C(O)c1ccc2c(c1)C(=CCCN1CCN(Cc3ccccc3)CC1)c1ccccc1CO2. The predicted molar refractivity (Wildman–Crippen MR) is 134 cm³/mol. The molecule has 34 heavy (non-hydrogen) atoms. The number of piperazine rings is 1. The van der Waals surface area contributed by atoms with Gasteiger partial charge in [0.15, 0.2) is 0 Å². The van der Waals surface area contributed by atoms with Crippen molar-refractivity contribution >= 4 is 11.5 Å². The van der Waals surface area contributed by atoms with Crippen LogP contribution in [0.5, 0.6) is 5.75 Å². The van der Waals surface area contributed by atoms with E-state index in [1.807, 2.05) is 12.1 Å². The van der Waals surface area contributed by atoms with E-state index in [9.17, 15) is 9.90 Å². The molecule has 0 aliphatic carbocycles. The number of aromatic carboxylic acids is 1. The van der Waals surface area contributed by atoms with Crippen LogP contribution in [0, 0.1) is 0 Å². The van der Waals surface area contributed by atoms with E-state index in [0.29, 0.717) is 6.61 Å². The van der Waals surface area contributed by atoms with Crippen LogP contribution in [0.3, 0.4) is 0 Å². The number of carbonyl (C=O) groups is 1. The summed E-state index contributed by atoms with van der Waals surface area (Å²) in [6.07, 6.45) is 3.16. The molecule has 2 aliphatic rings. The van der Waals surface area contributed by atoms with Crippen molar-refractivity contribution in [1.82, 2.24) is 9.80 Å². The van der Waals surface area contributed by atoms with E-state index in [0.717, 1.165) is 73.7 Å². The Bertz CT molecular complexity index is 1180. The van der Waals surface area contributed by atoms with Gasteiger partial charge in [-0.1, -0.05) is 60.7 Å². The minimum atomic E-state index is -0.923. The molecule has 2 heterocycles. The van der Waals surface area contributed by atoms with Gasteiger partial charge in [-0.25, -0.2) is 4.79 Å². The van der Waals surface area contributed by atoms with E-state index in [4.69, 9.17) is 4.74 Å². The van der Waals surface area contributed by atoms with Gasteiger partial charge in [0.05, 0.1) is 5.56 Å². The van der Waals surface area contributed by atoms with Crippen LogP contribution >= 0.6 is 0 Å². The molecule has 0 bridgehead atoms. The largest absolute Gasteiger partial charge is 0.488 e. The Balaban J connectivity index is 1.29. The minimum Gasteiger partial charge on any atom is -0.488 e. The van der Waals surface area contributed by atoms with Crippen molar-refractivity contribution < 1.29 is 14.6 Å². The first-order chi connectivity index (χ1) is 16.7. The third-order valence-corrected chi connectivity index (χ3v) is 6.72. The summed E-state index contributed by atoms with van der Waals surface area (Å²) in [5.74, 6) is -0.185. The predicted octanol–water partition coefficient (Wildman–Crippen LogP) is 4.92. The maximum Gasteiger partial charge on any atom is 0.335 e. The molecule has 1 fully saturated rings. The highest BCUT2D eigenvalue weighted by atomic mass is 16.5. The second kappa shape index (κ2) is 10.2. The minimum absolute atomic E-state index is 0.280. The summed E-state index contributed by atoms with van der Waals surface area (Å²) in [5.41, 5.74) is 5.82. The van der Waals surface area contributed by atoms with Crippen LogP contribution in [-0.4, -0.2) is 53.6 Å². The number of benzene rings is 3. The highest BCUT2D eigenvalue weighted by Gasteiger charge is 2.21. The molecule has 174 valence electrons. The lowest BCUT2D eigenvalue weighted by Crippen LogP contribution is -2.46. The van der Waals surface area contributed by atoms with Gasteiger partial charge < -0.3 is 14.7 Å². The fraction of sp³-hybridized carbons (Fsp3) is 0.276. The number of hydrogen-bond acceptors (Lipinski definition) is 4. The Morgan fingerprint density at radius 1 is 0.882 bits per heavy atom. The fourth-order valence-corrected chi connectivity index (χ4v) is 4.83. The standard InChI is InChI=1S/C29H30N2O3/c32-29(33)23-12-13-28-27(19-23)26(25-10-5-4-9-24(25)21-34-28)11-6-14-30-15-17-31(18-16-30)20-22-7-2-1-3-8-22/h1-5,7-13,19H,6,14-18,20-21H2,(H,32,33). The molecule has 1 saturated heterocycles. The van der Waals surface area contributed by atoms with E-state index >= 15 is 0 Å². The van der Waals surface area contributed by atoms with Gasteiger partial charge in [0.2, 0.25) is 0 Å². The third-order valence-electron chi connectivity index (χ3n) is 6.72. The average Bonchev–Trinajstić information content (AvgIpc) is 3.02. The van der Waals surface area contributed by atoms with Gasteiger partial charge in [-0.05, 0) is 46.9 Å². The normalized spacial score (nSPS) is 17.5. The molecular formula is C29H30N2O3. The molecule has 0 saturated carbocycles. The maximum atomic E-state index is 11.6. The van der Waals surface area contributed by atoms with Crippen molar-refractivity contribution in [3.8, 4) is 5.75 Å². The van der Waals surface area contributed by atoms with Crippen LogP contribution in [0.25, 0.3) is 5.57 Å². The number of nitrogens with zero attached hydrogens (tertiary/aromatic N) is 2. The maximum absolute atomic E-state index is 11.6. The Morgan fingerprint density at radius 2 is 1.62 bits per heavy atom. The van der Waals surface area contributed by atoms with E-state index in [2.05, 4.69) is 58.3 Å². The highest BCUT2D eigenvalue weighted by Crippen LogP contribution is 2.37. The molecule has 3 aromatic carbocycles. The first-order valence-electron chi connectivity index (χ1n) is 11.9. The Morgan fingerprint density at radius 3 is 2.41 bits per heavy atom. The zero-order chi connectivity index (χ0) is 23.3. The molecule has 2 aliphatic heterocycles. The number of carboxylic acids is 1. The molecule has 0 spiro atoms. The summed E-state index contributed by atoms with van der Waals surface area (Å²) in [6.45, 7) is 6.76. The summed E-state index contributed by atoms with van der Waals surface area (Å²) in [4.78, 5) is 16.7. The van der Waals surface area contributed by atoms with Crippen molar-refractivity contribution in [3.05, 3.63) is 107 Å². The van der Waals surface area contributed by atoms with Crippen LogP contribution in [0.15, 0.2) is 78.9 Å². The van der Waals surface area contributed by atoms with Crippen molar-refractivity contribution in [2.75, 3.05) is 32.7 Å². The number of rotatable bonds is 6. The lowest BCUT2D eigenvalue weighted by Gasteiger charge is -2.34. The van der Waals surface area contributed by atoms with E-state index in [1.165, 1.54) is 5.56 Å². The van der Waals surface area contributed by atoms with Gasteiger partial charge in [0.25, 0.3) is 0 Å². The van der Waals surface area contributed by atoms with E-state index in [1.54, 1.807) is 18.2 Å². The van der Waals surface area contributed by atoms with Gasteiger partial charge in [-0.15, -0.1) is 0 Å². The number of ether oxygens (including phenoxy) is 1. The van der Waals surface area contributed by atoms with Gasteiger partial charge in [0.1, 0.15) is 12.4 Å². The molecule has 0 unspecified atom stereocenters. The second-order valence-electron chi connectivity index (χ2n) is 8.97. The summed E-state index contributed by atoms with van der Waals surface area (Å²) < 4.78 is 6.05. The molecule has 5 heteroatoms. The van der Waals surface area contributed by atoms with Gasteiger partial charge in [-0.3, -0.25) is 4.90 Å². The topological polar surface area (TPSA) is 53.0 Å². The molecule has 0 atom stereocenters. The quantitative estimate of drug-likeness (QED) is 0.573. The van der Waals surface area contributed by atoms with Crippen LogP contribution in [0.4, 0.5) is 0 Å². The molecule has 1 N–H and O–H groups in total. The van der Waals surface area contributed by atoms with Gasteiger partial charge in [-0.2, -0.15) is 0 Å². The smallest absolute Gasteiger partial charge is 0.335 e. The van der Waals surface area contributed by atoms with Gasteiger partial charge in [0, 0.05) is 44.8 Å². The van der Waals surface area contributed by atoms with Crippen molar-refractivity contribution in [1.29, 1.82) is 0 Å². The van der Waals surface area contributed by atoms with Crippen molar-refractivity contribution in [2.45, 2.75) is 19.6 Å². The first-order valence-corrected chi connectivity index (χ1v) is 11.9. The Kier molecular flexibility index (Phi) is 6.74. The molecule has 5 nitrogen and oxygen atoms in total. The zero-order valence-corrected chi connectivity index (χ0v) is 19.3. The lowest BCUT2D eigenvalue weighted by molar-refractivity contribution is 0.0697. The van der Waals surface area contributed by atoms with Crippen LogP contribution in [0.1, 0.15) is 39.0 Å². The van der Waals surface area contributed by atoms with Crippen LogP contribution in [0.2, 0.25) is 0 Å². The van der Waals surface area contributed by atoms with Crippen molar-refractivity contribution in [3.63, 3.8) is 0 Å².